The minimum Gasteiger partial charge on any atom is -0.386 e. The molecule has 1 N–H and O–H groups in total. The highest BCUT2D eigenvalue weighted by Gasteiger charge is 2.42. The molecule has 1 saturated heterocycles. The topological polar surface area (TPSA) is 23.5 Å². The van der Waals surface area contributed by atoms with Crippen LogP contribution in [0.2, 0.25) is 0 Å². The zero-order valence-electron chi connectivity index (χ0n) is 10.9. The second-order valence-corrected chi connectivity index (χ2v) is 5.90. The molecule has 2 rings (SSSR count). The van der Waals surface area contributed by atoms with Crippen molar-refractivity contribution in [1.29, 1.82) is 0 Å². The molecule has 0 aliphatic carbocycles. The van der Waals surface area contributed by atoms with Crippen LogP contribution in [0.4, 0.5) is 0 Å². The molecule has 17 heavy (non-hydrogen) atoms. The Balaban J connectivity index is 2.26. The Kier molecular flexibility index (Phi) is 4.23. The third kappa shape index (κ3) is 2.28. The fraction of sp³-hybridized carbons (Fsp3) is 0.714. The number of rotatable bonds is 5. The number of nitrogens with zero attached hydrogens (tertiary/aromatic N) is 1. The monoisotopic (exact) mass is 253 g/mol. The van der Waals surface area contributed by atoms with Gasteiger partial charge in [-0.3, -0.25) is 4.90 Å². The van der Waals surface area contributed by atoms with Crippen LogP contribution in [0.15, 0.2) is 17.5 Å². The molecule has 1 aromatic heterocycles. The van der Waals surface area contributed by atoms with Crippen molar-refractivity contribution in [3.8, 4) is 0 Å². The molecule has 1 fully saturated rings. The highest BCUT2D eigenvalue weighted by molar-refractivity contribution is 7.10. The van der Waals surface area contributed by atoms with E-state index >= 15 is 0 Å². The fourth-order valence-corrected chi connectivity index (χ4v) is 3.95. The van der Waals surface area contributed by atoms with Crippen molar-refractivity contribution in [3.63, 3.8) is 0 Å². The van der Waals surface area contributed by atoms with Crippen LogP contribution in [-0.4, -0.2) is 28.6 Å². The molecule has 0 amide bonds. The van der Waals surface area contributed by atoms with E-state index in [9.17, 15) is 5.11 Å². The van der Waals surface area contributed by atoms with Gasteiger partial charge in [0.2, 0.25) is 0 Å². The van der Waals surface area contributed by atoms with E-state index in [-0.39, 0.29) is 11.6 Å². The standard InChI is InChI=1S/C14H23NOS/c1-3-14(4-2,15-9-5-6-10-15)13(16)12-8-7-11-17-12/h7-8,11,13,16H,3-6,9-10H2,1-2H3. The maximum Gasteiger partial charge on any atom is 0.106 e. The Labute approximate surface area is 108 Å². The van der Waals surface area contributed by atoms with E-state index in [0.717, 1.165) is 30.8 Å². The summed E-state index contributed by atoms with van der Waals surface area (Å²) in [5.74, 6) is 0. The molecule has 0 spiro atoms. The number of aliphatic hydroxyl groups is 1. The van der Waals surface area contributed by atoms with Gasteiger partial charge in [-0.1, -0.05) is 19.9 Å². The van der Waals surface area contributed by atoms with E-state index in [4.69, 9.17) is 0 Å². The smallest absolute Gasteiger partial charge is 0.106 e. The molecular weight excluding hydrogens is 230 g/mol. The second-order valence-electron chi connectivity index (χ2n) is 4.92. The van der Waals surface area contributed by atoms with Gasteiger partial charge in [-0.25, -0.2) is 0 Å². The minimum absolute atomic E-state index is 0.0542. The molecule has 3 heteroatoms. The van der Waals surface area contributed by atoms with E-state index in [2.05, 4.69) is 30.2 Å². The van der Waals surface area contributed by atoms with Gasteiger partial charge in [-0.05, 0) is 50.2 Å². The van der Waals surface area contributed by atoms with Gasteiger partial charge in [0.1, 0.15) is 6.10 Å². The Morgan fingerprint density at radius 2 is 2.00 bits per heavy atom. The molecule has 1 aliphatic heterocycles. The van der Waals surface area contributed by atoms with Crippen molar-refractivity contribution in [1.82, 2.24) is 4.90 Å². The summed E-state index contributed by atoms with van der Waals surface area (Å²) in [6.45, 7) is 6.70. The van der Waals surface area contributed by atoms with Gasteiger partial charge in [-0.2, -0.15) is 0 Å². The molecular formula is C14H23NOS. The highest BCUT2D eigenvalue weighted by atomic mass is 32.1. The predicted octanol–water partition coefficient (Wildman–Crippen LogP) is 3.44. The zero-order valence-corrected chi connectivity index (χ0v) is 11.7. The number of hydrogen-bond acceptors (Lipinski definition) is 3. The first kappa shape index (κ1) is 13.1. The summed E-state index contributed by atoms with van der Waals surface area (Å²) in [4.78, 5) is 3.62. The number of aliphatic hydroxyl groups excluding tert-OH is 1. The van der Waals surface area contributed by atoms with Crippen molar-refractivity contribution in [3.05, 3.63) is 22.4 Å². The Morgan fingerprint density at radius 1 is 1.35 bits per heavy atom. The summed E-state index contributed by atoms with van der Waals surface area (Å²) >= 11 is 1.67. The lowest BCUT2D eigenvalue weighted by molar-refractivity contribution is -0.0275. The first-order chi connectivity index (χ1) is 8.24. The van der Waals surface area contributed by atoms with Crippen LogP contribution in [0.1, 0.15) is 50.5 Å². The third-order valence-corrected chi connectivity index (χ3v) is 5.21. The Bertz CT molecular complexity index is 326. The highest BCUT2D eigenvalue weighted by Crippen LogP contribution is 2.40. The number of likely N-dealkylation sites (tertiary alicyclic amines) is 1. The quantitative estimate of drug-likeness (QED) is 0.869. The van der Waals surface area contributed by atoms with Crippen LogP contribution in [-0.2, 0) is 0 Å². The molecule has 0 radical (unpaired) electrons. The van der Waals surface area contributed by atoms with Crippen LogP contribution in [0.25, 0.3) is 0 Å². The lowest BCUT2D eigenvalue weighted by Crippen LogP contribution is -2.50. The molecule has 2 nitrogen and oxygen atoms in total. The largest absolute Gasteiger partial charge is 0.386 e. The van der Waals surface area contributed by atoms with E-state index in [0.29, 0.717) is 0 Å². The summed E-state index contributed by atoms with van der Waals surface area (Å²) in [7, 11) is 0. The van der Waals surface area contributed by atoms with E-state index in [1.807, 2.05) is 6.07 Å². The summed E-state index contributed by atoms with van der Waals surface area (Å²) in [6, 6.07) is 4.09. The van der Waals surface area contributed by atoms with Gasteiger partial charge >= 0.3 is 0 Å². The molecule has 1 aromatic rings. The first-order valence-electron chi connectivity index (χ1n) is 6.71. The lowest BCUT2D eigenvalue weighted by atomic mass is 9.84. The van der Waals surface area contributed by atoms with Crippen LogP contribution >= 0.6 is 11.3 Å². The molecule has 1 aliphatic rings. The van der Waals surface area contributed by atoms with Crippen molar-refractivity contribution < 1.29 is 5.11 Å². The summed E-state index contributed by atoms with van der Waals surface area (Å²) < 4.78 is 0. The van der Waals surface area contributed by atoms with Gasteiger partial charge in [0.15, 0.2) is 0 Å². The molecule has 0 aromatic carbocycles. The zero-order chi connectivity index (χ0) is 12.3. The molecule has 0 bridgehead atoms. The number of thiophene rings is 1. The van der Waals surface area contributed by atoms with Gasteiger partial charge in [0.25, 0.3) is 0 Å². The van der Waals surface area contributed by atoms with Crippen LogP contribution in [0.3, 0.4) is 0 Å². The lowest BCUT2D eigenvalue weighted by Gasteiger charge is -2.44. The van der Waals surface area contributed by atoms with Gasteiger partial charge in [-0.15, -0.1) is 11.3 Å². The van der Waals surface area contributed by atoms with E-state index < -0.39 is 0 Å². The molecule has 2 heterocycles. The van der Waals surface area contributed by atoms with Crippen LogP contribution in [0.5, 0.6) is 0 Å². The second kappa shape index (κ2) is 5.51. The maximum atomic E-state index is 10.7. The fourth-order valence-electron chi connectivity index (χ4n) is 3.13. The van der Waals surface area contributed by atoms with Gasteiger partial charge < -0.3 is 5.11 Å². The van der Waals surface area contributed by atoms with Crippen molar-refractivity contribution in [2.24, 2.45) is 0 Å². The normalized spacial score (nSPS) is 19.7. The SMILES string of the molecule is CCC(CC)(C(O)c1cccs1)N1CCCC1. The average molecular weight is 253 g/mol. The van der Waals surface area contributed by atoms with E-state index in [1.54, 1.807) is 11.3 Å². The van der Waals surface area contributed by atoms with Gasteiger partial charge in [0, 0.05) is 4.88 Å². The van der Waals surface area contributed by atoms with Crippen molar-refractivity contribution in [2.45, 2.75) is 51.2 Å². The van der Waals surface area contributed by atoms with Crippen LogP contribution < -0.4 is 0 Å². The third-order valence-electron chi connectivity index (χ3n) is 4.28. The number of hydrogen-bond donors (Lipinski definition) is 1. The predicted molar refractivity (Wildman–Crippen MR) is 73.4 cm³/mol. The van der Waals surface area contributed by atoms with Gasteiger partial charge in [0.05, 0.1) is 5.54 Å². The minimum atomic E-state index is -0.337. The summed E-state index contributed by atoms with van der Waals surface area (Å²) in [5.41, 5.74) is -0.0542. The first-order valence-corrected chi connectivity index (χ1v) is 7.59. The summed E-state index contributed by atoms with van der Waals surface area (Å²) in [5, 5.41) is 12.8. The Morgan fingerprint density at radius 3 is 2.47 bits per heavy atom. The maximum absolute atomic E-state index is 10.7. The van der Waals surface area contributed by atoms with Crippen molar-refractivity contribution in [2.75, 3.05) is 13.1 Å². The van der Waals surface area contributed by atoms with E-state index in [1.165, 1.54) is 12.8 Å². The molecule has 0 saturated carbocycles. The molecule has 96 valence electrons. The Hall–Kier alpha value is -0.380. The average Bonchev–Trinajstić information content (AvgIpc) is 3.04. The molecule has 1 atom stereocenters. The summed E-state index contributed by atoms with van der Waals surface area (Å²) in [6.07, 6.45) is 4.25. The van der Waals surface area contributed by atoms with Crippen LogP contribution in [0, 0.1) is 0 Å². The molecule has 1 unspecified atom stereocenters. The van der Waals surface area contributed by atoms with Crippen molar-refractivity contribution >= 4 is 11.3 Å².